The second-order valence-electron chi connectivity index (χ2n) is 7.62. The summed E-state index contributed by atoms with van der Waals surface area (Å²) in [5.41, 5.74) is 4.44. The van der Waals surface area contributed by atoms with E-state index in [0.717, 1.165) is 17.7 Å². The summed E-state index contributed by atoms with van der Waals surface area (Å²) in [5, 5.41) is 0. The molecule has 0 unspecified atom stereocenters. The van der Waals surface area contributed by atoms with Crippen molar-refractivity contribution in [1.29, 1.82) is 0 Å². The van der Waals surface area contributed by atoms with Crippen molar-refractivity contribution in [3.05, 3.63) is 59.7 Å². The summed E-state index contributed by atoms with van der Waals surface area (Å²) >= 11 is 0. The average molecular weight is 335 g/mol. The smallest absolute Gasteiger partial charge is 0.163 e. The van der Waals surface area contributed by atoms with Crippen LogP contribution in [0.25, 0.3) is 11.1 Å². The van der Waals surface area contributed by atoms with Gasteiger partial charge < -0.3 is 4.90 Å². The summed E-state index contributed by atoms with van der Waals surface area (Å²) < 4.78 is 0. The third-order valence-corrected chi connectivity index (χ3v) is 5.40. The fourth-order valence-electron chi connectivity index (χ4n) is 3.87. The third-order valence-electron chi connectivity index (χ3n) is 5.40. The molecule has 0 amide bonds. The van der Waals surface area contributed by atoms with E-state index in [1.54, 1.807) is 0 Å². The fraction of sp³-hybridized carbons (Fsp3) is 0.435. The molecule has 0 saturated carbocycles. The number of hydrogen-bond acceptors (Lipinski definition) is 2. The van der Waals surface area contributed by atoms with Crippen molar-refractivity contribution in [1.82, 2.24) is 4.90 Å². The Labute approximate surface area is 151 Å². The quantitative estimate of drug-likeness (QED) is 0.686. The molecule has 0 aromatic heterocycles. The zero-order valence-electron chi connectivity index (χ0n) is 15.7. The molecule has 25 heavy (non-hydrogen) atoms. The van der Waals surface area contributed by atoms with Crippen LogP contribution in [0.4, 0.5) is 0 Å². The van der Waals surface area contributed by atoms with E-state index in [2.05, 4.69) is 62.1 Å². The van der Waals surface area contributed by atoms with Crippen LogP contribution in [0, 0.1) is 12.8 Å². The van der Waals surface area contributed by atoms with E-state index in [1.807, 2.05) is 12.1 Å². The normalized spacial score (nSPS) is 18.5. The number of hydrogen-bond donors (Lipinski definition) is 0. The topological polar surface area (TPSA) is 20.3 Å². The summed E-state index contributed by atoms with van der Waals surface area (Å²) in [4.78, 5) is 15.3. The molecule has 1 heterocycles. The van der Waals surface area contributed by atoms with E-state index in [0.29, 0.717) is 18.4 Å². The van der Waals surface area contributed by atoms with Gasteiger partial charge in [0.05, 0.1) is 0 Å². The molecule has 1 fully saturated rings. The van der Waals surface area contributed by atoms with Crippen LogP contribution >= 0.6 is 0 Å². The molecule has 0 bridgehead atoms. The molecule has 1 aliphatic rings. The van der Waals surface area contributed by atoms with Crippen molar-refractivity contribution in [3.8, 4) is 11.1 Å². The van der Waals surface area contributed by atoms with Gasteiger partial charge in [0.1, 0.15) is 0 Å². The molecule has 3 rings (SSSR count). The molecule has 1 saturated heterocycles. The van der Waals surface area contributed by atoms with E-state index in [4.69, 9.17) is 0 Å². The number of carbonyl (C=O) groups excluding carboxylic acids is 1. The molecule has 0 aliphatic carbocycles. The molecular weight excluding hydrogens is 306 g/mol. The Morgan fingerprint density at radius 2 is 1.96 bits per heavy atom. The van der Waals surface area contributed by atoms with E-state index in [1.165, 1.54) is 30.5 Å². The minimum Gasteiger partial charge on any atom is -0.301 e. The lowest BCUT2D eigenvalue weighted by Gasteiger charge is -2.35. The van der Waals surface area contributed by atoms with Crippen molar-refractivity contribution in [2.45, 2.75) is 46.1 Å². The monoisotopic (exact) mass is 335 g/mol. The van der Waals surface area contributed by atoms with Gasteiger partial charge in [0, 0.05) is 24.6 Å². The highest BCUT2D eigenvalue weighted by molar-refractivity contribution is 5.97. The highest BCUT2D eigenvalue weighted by Crippen LogP contribution is 2.26. The van der Waals surface area contributed by atoms with Crippen LogP contribution in [0.1, 0.15) is 49.0 Å². The van der Waals surface area contributed by atoms with Crippen molar-refractivity contribution < 1.29 is 4.79 Å². The summed E-state index contributed by atoms with van der Waals surface area (Å²) in [6.07, 6.45) is 3.05. The highest BCUT2D eigenvalue weighted by atomic mass is 16.1. The number of ketones is 1. The molecule has 132 valence electrons. The van der Waals surface area contributed by atoms with Gasteiger partial charge in [-0.15, -0.1) is 0 Å². The third kappa shape index (κ3) is 4.38. The molecular formula is C23H29NO. The van der Waals surface area contributed by atoms with Gasteiger partial charge in [-0.3, -0.25) is 4.79 Å². The number of aryl methyl sites for hydroxylation is 1. The van der Waals surface area contributed by atoms with Gasteiger partial charge in [-0.05, 0) is 68.8 Å². The lowest BCUT2D eigenvalue weighted by Crippen LogP contribution is -2.40. The first-order valence-corrected chi connectivity index (χ1v) is 9.48. The zero-order chi connectivity index (χ0) is 17.8. The number of rotatable bonds is 5. The predicted octanol–water partition coefficient (Wildman–Crippen LogP) is 5.36. The van der Waals surface area contributed by atoms with Crippen molar-refractivity contribution in [3.63, 3.8) is 0 Å². The van der Waals surface area contributed by atoms with Crippen LogP contribution < -0.4 is 0 Å². The van der Waals surface area contributed by atoms with E-state index < -0.39 is 0 Å². The maximum atomic E-state index is 12.8. The summed E-state index contributed by atoms with van der Waals surface area (Å²) in [6, 6.07) is 17.1. The molecule has 0 spiro atoms. The molecule has 2 heteroatoms. The number of nitrogens with zero attached hydrogens (tertiary/aromatic N) is 1. The van der Waals surface area contributed by atoms with Crippen LogP contribution in [-0.2, 0) is 0 Å². The Kier molecular flexibility index (Phi) is 5.70. The van der Waals surface area contributed by atoms with Crippen molar-refractivity contribution in [2.24, 2.45) is 5.92 Å². The maximum absolute atomic E-state index is 12.8. The van der Waals surface area contributed by atoms with Gasteiger partial charge >= 0.3 is 0 Å². The van der Waals surface area contributed by atoms with Crippen LogP contribution in [0.3, 0.4) is 0 Å². The molecule has 2 aromatic rings. The first-order chi connectivity index (χ1) is 12.0. The van der Waals surface area contributed by atoms with Gasteiger partial charge in [0.2, 0.25) is 0 Å². The lowest BCUT2D eigenvalue weighted by molar-refractivity contribution is 0.0890. The summed E-state index contributed by atoms with van der Waals surface area (Å²) in [5.74, 6) is 0.775. The lowest BCUT2D eigenvalue weighted by atomic mass is 9.89. The van der Waals surface area contributed by atoms with Gasteiger partial charge in [-0.1, -0.05) is 42.5 Å². The average Bonchev–Trinajstić information content (AvgIpc) is 2.62. The van der Waals surface area contributed by atoms with Crippen LogP contribution in [0.5, 0.6) is 0 Å². The van der Waals surface area contributed by atoms with Gasteiger partial charge in [0.15, 0.2) is 5.78 Å². The Hall–Kier alpha value is -1.93. The van der Waals surface area contributed by atoms with Gasteiger partial charge in [0.25, 0.3) is 0 Å². The standard InChI is InChI=1S/C23H29NO/c1-17(2)24-13-7-9-19(16-24)14-23(25)21-11-6-10-20(15-21)22-12-5-4-8-18(22)3/h4-6,8,10-12,15,17,19H,7,9,13-14,16H2,1-3H3/t19-/m0/s1. The van der Waals surface area contributed by atoms with Crippen molar-refractivity contribution in [2.75, 3.05) is 13.1 Å². The number of piperidine rings is 1. The second-order valence-corrected chi connectivity index (χ2v) is 7.62. The van der Waals surface area contributed by atoms with Crippen molar-refractivity contribution >= 4 is 5.78 Å². The first-order valence-electron chi connectivity index (χ1n) is 9.48. The highest BCUT2D eigenvalue weighted by Gasteiger charge is 2.24. The largest absolute Gasteiger partial charge is 0.301 e. The molecule has 2 nitrogen and oxygen atoms in total. The molecule has 1 atom stereocenters. The van der Waals surface area contributed by atoms with E-state index >= 15 is 0 Å². The number of likely N-dealkylation sites (tertiary alicyclic amines) is 1. The number of benzene rings is 2. The SMILES string of the molecule is Cc1ccccc1-c1cccc(C(=O)C[C@@H]2CCCN(C(C)C)C2)c1. The minimum atomic E-state index is 0.283. The fourth-order valence-corrected chi connectivity index (χ4v) is 3.87. The van der Waals surface area contributed by atoms with Gasteiger partial charge in [-0.2, -0.15) is 0 Å². The summed E-state index contributed by atoms with van der Waals surface area (Å²) in [6.45, 7) is 8.84. The van der Waals surface area contributed by atoms with Crippen LogP contribution in [0.2, 0.25) is 0 Å². The minimum absolute atomic E-state index is 0.283. The van der Waals surface area contributed by atoms with Crippen LogP contribution in [-0.4, -0.2) is 29.8 Å². The number of Topliss-reactive ketones (excluding diaryl/α,β-unsaturated/α-hetero) is 1. The van der Waals surface area contributed by atoms with E-state index in [9.17, 15) is 4.79 Å². The maximum Gasteiger partial charge on any atom is 0.163 e. The Morgan fingerprint density at radius 3 is 2.72 bits per heavy atom. The predicted molar refractivity (Wildman–Crippen MR) is 105 cm³/mol. The zero-order valence-corrected chi connectivity index (χ0v) is 15.7. The van der Waals surface area contributed by atoms with Gasteiger partial charge in [-0.25, -0.2) is 0 Å². The molecule has 1 aliphatic heterocycles. The Balaban J connectivity index is 1.73. The van der Waals surface area contributed by atoms with Crippen LogP contribution in [0.15, 0.2) is 48.5 Å². The number of carbonyl (C=O) groups is 1. The van der Waals surface area contributed by atoms with E-state index in [-0.39, 0.29) is 5.78 Å². The second kappa shape index (κ2) is 7.97. The Bertz CT molecular complexity index is 734. The summed E-state index contributed by atoms with van der Waals surface area (Å²) in [7, 11) is 0. The molecule has 0 N–H and O–H groups in total. The Morgan fingerprint density at radius 1 is 1.16 bits per heavy atom. The first kappa shape index (κ1) is 17.9. The molecule has 2 aromatic carbocycles. The molecule has 0 radical (unpaired) electrons.